The minimum absolute atomic E-state index is 0.0631. The molecule has 0 aromatic heterocycles. The van der Waals surface area contributed by atoms with Gasteiger partial charge in [-0.25, -0.2) is 9.18 Å². The lowest BCUT2D eigenvalue weighted by Gasteiger charge is -2.04. The van der Waals surface area contributed by atoms with Crippen LogP contribution in [-0.2, 0) is 4.79 Å². The van der Waals surface area contributed by atoms with Crippen molar-refractivity contribution in [1.82, 2.24) is 0 Å². The van der Waals surface area contributed by atoms with E-state index in [9.17, 15) is 14.3 Å². The molecule has 2 nitrogen and oxygen atoms in total. The van der Waals surface area contributed by atoms with Crippen molar-refractivity contribution in [1.29, 1.82) is 0 Å². The summed E-state index contributed by atoms with van der Waals surface area (Å²) < 4.78 is 12.9. The molecule has 0 atom stereocenters. The van der Waals surface area contributed by atoms with Gasteiger partial charge < -0.3 is 5.11 Å². The molecule has 4 heteroatoms. The fourth-order valence-corrected chi connectivity index (χ4v) is 1.84. The lowest BCUT2D eigenvalue weighted by molar-refractivity contribution is -0.130. The van der Waals surface area contributed by atoms with Crippen LogP contribution in [-0.4, -0.2) is 11.1 Å². The van der Waals surface area contributed by atoms with E-state index in [0.29, 0.717) is 16.1 Å². The van der Waals surface area contributed by atoms with Gasteiger partial charge >= 0.3 is 5.97 Å². The van der Waals surface area contributed by atoms with Crippen LogP contribution < -0.4 is 0 Å². The van der Waals surface area contributed by atoms with Gasteiger partial charge in [0.05, 0.1) is 5.57 Å². The molecule has 0 fully saturated rings. The highest BCUT2D eigenvalue weighted by Crippen LogP contribution is 2.23. The Balaban J connectivity index is 2.50. The Hall–Kier alpha value is -2.13. The number of hydrogen-bond acceptors (Lipinski definition) is 1. The van der Waals surface area contributed by atoms with Gasteiger partial charge in [0.15, 0.2) is 0 Å². The summed E-state index contributed by atoms with van der Waals surface area (Å²) in [5.74, 6) is -1.50. The molecular formula is C15H10ClFO2. The van der Waals surface area contributed by atoms with E-state index in [4.69, 9.17) is 11.6 Å². The second-order valence-electron chi connectivity index (χ2n) is 3.89. The second-order valence-corrected chi connectivity index (χ2v) is 4.30. The third-order valence-corrected chi connectivity index (χ3v) is 2.93. The predicted octanol–water partition coefficient (Wildman–Crippen LogP) is 4.10. The van der Waals surface area contributed by atoms with Crippen molar-refractivity contribution in [3.63, 3.8) is 0 Å². The molecule has 0 saturated carbocycles. The number of benzene rings is 2. The van der Waals surface area contributed by atoms with Gasteiger partial charge in [0, 0.05) is 5.02 Å². The van der Waals surface area contributed by atoms with Crippen LogP contribution in [0.1, 0.15) is 11.1 Å². The second kappa shape index (κ2) is 5.67. The Morgan fingerprint density at radius 3 is 2.32 bits per heavy atom. The SMILES string of the molecule is O=C(O)/C(=C/c1ccccc1Cl)c1ccc(F)cc1. The molecule has 0 aliphatic heterocycles. The molecule has 0 radical (unpaired) electrons. The Morgan fingerprint density at radius 1 is 1.11 bits per heavy atom. The summed E-state index contributed by atoms with van der Waals surface area (Å²) in [5.41, 5.74) is 1.09. The number of hydrogen-bond donors (Lipinski definition) is 1. The van der Waals surface area contributed by atoms with Gasteiger partial charge in [0.1, 0.15) is 5.82 Å². The molecule has 2 rings (SSSR count). The van der Waals surface area contributed by atoms with Crippen molar-refractivity contribution in [2.24, 2.45) is 0 Å². The number of halogens is 2. The van der Waals surface area contributed by atoms with Crippen LogP contribution >= 0.6 is 11.6 Å². The van der Waals surface area contributed by atoms with Gasteiger partial charge in [-0.05, 0) is 35.4 Å². The number of aliphatic carboxylic acids is 1. The third kappa shape index (κ3) is 3.20. The molecule has 0 amide bonds. The smallest absolute Gasteiger partial charge is 0.336 e. The molecule has 19 heavy (non-hydrogen) atoms. The standard InChI is InChI=1S/C15H10ClFO2/c16-14-4-2-1-3-11(14)9-13(15(18)19)10-5-7-12(17)8-6-10/h1-9H,(H,18,19)/b13-9+. The third-order valence-electron chi connectivity index (χ3n) is 2.59. The molecule has 0 saturated heterocycles. The molecular weight excluding hydrogens is 267 g/mol. The molecule has 2 aromatic rings. The zero-order valence-corrected chi connectivity index (χ0v) is 10.6. The average molecular weight is 277 g/mol. The molecule has 0 aliphatic rings. The Morgan fingerprint density at radius 2 is 1.74 bits per heavy atom. The van der Waals surface area contributed by atoms with Crippen LogP contribution in [0.5, 0.6) is 0 Å². The zero-order valence-electron chi connectivity index (χ0n) is 9.81. The number of carboxylic acid groups (broad SMARTS) is 1. The summed E-state index contributed by atoms with van der Waals surface area (Å²) in [6.07, 6.45) is 1.47. The van der Waals surface area contributed by atoms with E-state index < -0.39 is 11.8 Å². The van der Waals surface area contributed by atoms with Gasteiger partial charge in [0.25, 0.3) is 0 Å². The van der Waals surface area contributed by atoms with Crippen molar-refractivity contribution in [2.75, 3.05) is 0 Å². The summed E-state index contributed by atoms with van der Waals surface area (Å²) in [4.78, 5) is 11.3. The number of rotatable bonds is 3. The zero-order chi connectivity index (χ0) is 13.8. The van der Waals surface area contributed by atoms with E-state index in [1.807, 2.05) is 0 Å². The summed E-state index contributed by atoms with van der Waals surface area (Å²) in [6, 6.07) is 12.2. The van der Waals surface area contributed by atoms with Crippen LogP contribution in [0.3, 0.4) is 0 Å². The average Bonchev–Trinajstić information content (AvgIpc) is 2.39. The number of carbonyl (C=O) groups is 1. The van der Waals surface area contributed by atoms with Gasteiger partial charge in [-0.3, -0.25) is 0 Å². The fraction of sp³-hybridized carbons (Fsp3) is 0. The van der Waals surface area contributed by atoms with Crippen molar-refractivity contribution in [3.05, 3.63) is 70.5 Å². The molecule has 0 spiro atoms. The van der Waals surface area contributed by atoms with Crippen LogP contribution in [0.15, 0.2) is 48.5 Å². The van der Waals surface area contributed by atoms with Crippen LogP contribution in [0.2, 0.25) is 5.02 Å². The predicted molar refractivity (Wildman–Crippen MR) is 73.4 cm³/mol. The van der Waals surface area contributed by atoms with E-state index in [-0.39, 0.29) is 5.57 Å². The molecule has 2 aromatic carbocycles. The van der Waals surface area contributed by atoms with Crippen LogP contribution in [0, 0.1) is 5.82 Å². The number of carboxylic acids is 1. The molecule has 0 unspecified atom stereocenters. The van der Waals surface area contributed by atoms with E-state index in [2.05, 4.69) is 0 Å². The first-order valence-electron chi connectivity index (χ1n) is 5.53. The Kier molecular flexibility index (Phi) is 3.97. The van der Waals surface area contributed by atoms with E-state index in [1.165, 1.54) is 30.3 Å². The summed E-state index contributed by atoms with van der Waals surface area (Å²) >= 11 is 5.99. The van der Waals surface area contributed by atoms with Crippen molar-refractivity contribution >= 4 is 29.2 Å². The quantitative estimate of drug-likeness (QED) is 0.677. The molecule has 0 aliphatic carbocycles. The lowest BCUT2D eigenvalue weighted by atomic mass is 10.0. The van der Waals surface area contributed by atoms with E-state index >= 15 is 0 Å². The van der Waals surface area contributed by atoms with E-state index in [1.54, 1.807) is 24.3 Å². The Labute approximate surface area is 114 Å². The minimum atomic E-state index is -1.09. The minimum Gasteiger partial charge on any atom is -0.478 e. The summed E-state index contributed by atoms with van der Waals surface area (Å²) in [7, 11) is 0. The van der Waals surface area contributed by atoms with E-state index in [0.717, 1.165) is 0 Å². The van der Waals surface area contributed by atoms with Crippen molar-refractivity contribution in [3.8, 4) is 0 Å². The highest BCUT2D eigenvalue weighted by molar-refractivity contribution is 6.33. The first kappa shape index (κ1) is 13.3. The topological polar surface area (TPSA) is 37.3 Å². The normalized spacial score (nSPS) is 11.4. The summed E-state index contributed by atoms with van der Waals surface area (Å²) in [5, 5.41) is 9.70. The molecule has 0 heterocycles. The maximum atomic E-state index is 12.9. The molecule has 0 bridgehead atoms. The van der Waals surface area contributed by atoms with Crippen molar-refractivity contribution in [2.45, 2.75) is 0 Å². The lowest BCUT2D eigenvalue weighted by Crippen LogP contribution is -1.99. The van der Waals surface area contributed by atoms with Crippen LogP contribution in [0.25, 0.3) is 11.6 Å². The largest absolute Gasteiger partial charge is 0.478 e. The van der Waals surface area contributed by atoms with Gasteiger partial charge in [-0.1, -0.05) is 41.9 Å². The Bertz CT molecular complexity index is 633. The van der Waals surface area contributed by atoms with Gasteiger partial charge in [-0.2, -0.15) is 0 Å². The van der Waals surface area contributed by atoms with Gasteiger partial charge in [0.2, 0.25) is 0 Å². The highest BCUT2D eigenvalue weighted by atomic mass is 35.5. The highest BCUT2D eigenvalue weighted by Gasteiger charge is 2.11. The molecule has 96 valence electrons. The first-order valence-corrected chi connectivity index (χ1v) is 5.91. The maximum absolute atomic E-state index is 12.9. The summed E-state index contributed by atoms with van der Waals surface area (Å²) in [6.45, 7) is 0. The van der Waals surface area contributed by atoms with Crippen molar-refractivity contribution < 1.29 is 14.3 Å². The maximum Gasteiger partial charge on any atom is 0.336 e. The van der Waals surface area contributed by atoms with Crippen LogP contribution in [0.4, 0.5) is 4.39 Å². The van der Waals surface area contributed by atoms with Gasteiger partial charge in [-0.15, -0.1) is 0 Å². The monoisotopic (exact) mass is 276 g/mol. The first-order chi connectivity index (χ1) is 9.08. The molecule has 1 N–H and O–H groups in total. The fourth-order valence-electron chi connectivity index (χ4n) is 1.65.